The third-order valence-electron chi connectivity index (χ3n) is 2.34. The molecule has 0 aromatic heterocycles. The summed E-state index contributed by atoms with van der Waals surface area (Å²) in [5, 5.41) is 0. The van der Waals surface area contributed by atoms with Gasteiger partial charge in [-0.05, 0) is 38.8 Å². The van der Waals surface area contributed by atoms with E-state index in [0.29, 0.717) is 5.75 Å². The zero-order chi connectivity index (χ0) is 12.8. The molecule has 0 saturated carbocycles. The summed E-state index contributed by atoms with van der Waals surface area (Å²) in [6.07, 6.45) is 6.72. The Hall–Kier alpha value is -1.83. The molecule has 0 amide bonds. The maximum atomic E-state index is 11.5. The van der Waals surface area contributed by atoms with Gasteiger partial charge in [0.05, 0.1) is 0 Å². The van der Waals surface area contributed by atoms with Crippen LogP contribution in [0.5, 0.6) is 5.75 Å². The van der Waals surface area contributed by atoms with Crippen LogP contribution in [0.4, 0.5) is 0 Å². The second kappa shape index (κ2) is 6.04. The van der Waals surface area contributed by atoms with Gasteiger partial charge in [0, 0.05) is 6.08 Å². The summed E-state index contributed by atoms with van der Waals surface area (Å²) in [6, 6.07) is 4.01. The first kappa shape index (κ1) is 13.2. The number of hydrogen-bond donors (Lipinski definition) is 0. The highest BCUT2D eigenvalue weighted by Crippen LogP contribution is 2.24. The van der Waals surface area contributed by atoms with Crippen LogP contribution in [0.1, 0.15) is 23.6 Å². The van der Waals surface area contributed by atoms with Gasteiger partial charge in [-0.2, -0.15) is 0 Å². The molecule has 0 fully saturated rings. The van der Waals surface area contributed by atoms with E-state index in [1.807, 2.05) is 45.9 Å². The third kappa shape index (κ3) is 3.91. The molecule has 17 heavy (non-hydrogen) atoms. The summed E-state index contributed by atoms with van der Waals surface area (Å²) in [4.78, 5) is 11.5. The van der Waals surface area contributed by atoms with E-state index in [0.717, 1.165) is 11.1 Å². The molecule has 0 radical (unpaired) electrons. The van der Waals surface area contributed by atoms with Gasteiger partial charge >= 0.3 is 5.97 Å². The van der Waals surface area contributed by atoms with Crippen LogP contribution in [-0.4, -0.2) is 5.97 Å². The minimum Gasteiger partial charge on any atom is -0.423 e. The van der Waals surface area contributed by atoms with Crippen molar-refractivity contribution in [3.63, 3.8) is 0 Å². The first-order chi connectivity index (χ1) is 8.04. The van der Waals surface area contributed by atoms with E-state index in [1.54, 1.807) is 12.2 Å². The van der Waals surface area contributed by atoms with Crippen molar-refractivity contribution in [1.82, 2.24) is 0 Å². The Labute approximate surface area is 103 Å². The first-order valence-electron chi connectivity index (χ1n) is 5.63. The number of carbonyl (C=O) groups is 1. The van der Waals surface area contributed by atoms with Crippen LogP contribution in [0.15, 0.2) is 36.4 Å². The molecular weight excluding hydrogens is 212 g/mol. The van der Waals surface area contributed by atoms with Gasteiger partial charge in [0.1, 0.15) is 5.75 Å². The zero-order valence-corrected chi connectivity index (χ0v) is 10.8. The van der Waals surface area contributed by atoms with Crippen molar-refractivity contribution < 1.29 is 9.53 Å². The fourth-order valence-corrected chi connectivity index (χ4v) is 1.71. The minimum absolute atomic E-state index is 0.349. The number of ether oxygens (including phenoxy) is 1. The summed E-state index contributed by atoms with van der Waals surface area (Å²) in [5.74, 6) is 0.309. The minimum atomic E-state index is -0.349. The molecule has 0 N–H and O–H groups in total. The maximum Gasteiger partial charge on any atom is 0.336 e. The average Bonchev–Trinajstić information content (AvgIpc) is 2.24. The maximum absolute atomic E-state index is 11.5. The fourth-order valence-electron chi connectivity index (χ4n) is 1.71. The Kier molecular flexibility index (Phi) is 4.70. The number of benzene rings is 1. The van der Waals surface area contributed by atoms with Gasteiger partial charge in [-0.1, -0.05) is 35.9 Å². The van der Waals surface area contributed by atoms with Crippen molar-refractivity contribution in [3.8, 4) is 5.75 Å². The predicted molar refractivity (Wildman–Crippen MR) is 70.2 cm³/mol. The van der Waals surface area contributed by atoms with E-state index < -0.39 is 0 Å². The molecule has 0 aliphatic rings. The Morgan fingerprint density at radius 2 is 1.71 bits per heavy atom. The van der Waals surface area contributed by atoms with Crippen LogP contribution in [0.25, 0.3) is 0 Å². The SMILES string of the molecule is CC=CC=CC(=O)Oc1c(C)cc(C)cc1C. The summed E-state index contributed by atoms with van der Waals surface area (Å²) in [5.41, 5.74) is 3.13. The molecule has 90 valence electrons. The first-order valence-corrected chi connectivity index (χ1v) is 5.63. The molecule has 0 spiro atoms. The molecule has 0 saturated heterocycles. The lowest BCUT2D eigenvalue weighted by atomic mass is 10.1. The van der Waals surface area contributed by atoms with Gasteiger partial charge in [0.15, 0.2) is 0 Å². The van der Waals surface area contributed by atoms with Crippen molar-refractivity contribution >= 4 is 5.97 Å². The average molecular weight is 230 g/mol. The molecule has 2 heteroatoms. The lowest BCUT2D eigenvalue weighted by molar-refractivity contribution is -0.129. The molecule has 1 aromatic carbocycles. The number of carbonyl (C=O) groups excluding carboxylic acids is 1. The van der Waals surface area contributed by atoms with Crippen molar-refractivity contribution in [2.75, 3.05) is 0 Å². The Morgan fingerprint density at radius 1 is 1.12 bits per heavy atom. The van der Waals surface area contributed by atoms with Crippen LogP contribution in [0, 0.1) is 20.8 Å². The molecule has 0 aliphatic heterocycles. The quantitative estimate of drug-likeness (QED) is 0.343. The standard InChI is InChI=1S/C15H18O2/c1-5-6-7-8-14(16)17-15-12(3)9-11(2)10-13(15)4/h5-10H,1-4H3. The largest absolute Gasteiger partial charge is 0.423 e. The van der Waals surface area contributed by atoms with E-state index in [1.165, 1.54) is 11.6 Å². The molecule has 1 rings (SSSR count). The van der Waals surface area contributed by atoms with Gasteiger partial charge in [-0.3, -0.25) is 0 Å². The van der Waals surface area contributed by atoms with Gasteiger partial charge in [-0.25, -0.2) is 4.79 Å². The molecule has 0 atom stereocenters. The van der Waals surface area contributed by atoms with E-state index in [4.69, 9.17) is 4.74 Å². The molecule has 1 aromatic rings. The van der Waals surface area contributed by atoms with E-state index in [2.05, 4.69) is 0 Å². The molecule has 0 bridgehead atoms. The third-order valence-corrected chi connectivity index (χ3v) is 2.34. The highest BCUT2D eigenvalue weighted by Gasteiger charge is 2.08. The lowest BCUT2D eigenvalue weighted by Gasteiger charge is -2.10. The fraction of sp³-hybridized carbons (Fsp3) is 0.267. The second-order valence-electron chi connectivity index (χ2n) is 4.03. The Morgan fingerprint density at radius 3 is 2.24 bits per heavy atom. The molecule has 0 unspecified atom stereocenters. The van der Waals surface area contributed by atoms with E-state index >= 15 is 0 Å². The van der Waals surface area contributed by atoms with Gasteiger partial charge < -0.3 is 4.74 Å². The smallest absolute Gasteiger partial charge is 0.336 e. The molecular formula is C15H18O2. The van der Waals surface area contributed by atoms with E-state index in [-0.39, 0.29) is 5.97 Å². The van der Waals surface area contributed by atoms with Gasteiger partial charge in [0.25, 0.3) is 0 Å². The van der Waals surface area contributed by atoms with Gasteiger partial charge in [-0.15, -0.1) is 0 Å². The number of hydrogen-bond acceptors (Lipinski definition) is 2. The summed E-state index contributed by atoms with van der Waals surface area (Å²) >= 11 is 0. The normalized spacial score (nSPS) is 11.3. The number of esters is 1. The van der Waals surface area contributed by atoms with Crippen molar-refractivity contribution in [1.29, 1.82) is 0 Å². The van der Waals surface area contributed by atoms with Crippen LogP contribution in [0.3, 0.4) is 0 Å². The summed E-state index contributed by atoms with van der Waals surface area (Å²) < 4.78 is 5.32. The van der Waals surface area contributed by atoms with Crippen molar-refractivity contribution in [2.45, 2.75) is 27.7 Å². The molecule has 0 heterocycles. The Balaban J connectivity index is 2.85. The highest BCUT2D eigenvalue weighted by atomic mass is 16.5. The second-order valence-corrected chi connectivity index (χ2v) is 4.03. The summed E-state index contributed by atoms with van der Waals surface area (Å²) in [6.45, 7) is 7.80. The number of rotatable bonds is 3. The topological polar surface area (TPSA) is 26.3 Å². The van der Waals surface area contributed by atoms with Crippen LogP contribution < -0.4 is 4.74 Å². The molecule has 0 aliphatic carbocycles. The van der Waals surface area contributed by atoms with Crippen molar-refractivity contribution in [2.24, 2.45) is 0 Å². The van der Waals surface area contributed by atoms with E-state index in [9.17, 15) is 4.79 Å². The predicted octanol–water partition coefficient (Wildman–Crippen LogP) is 3.65. The summed E-state index contributed by atoms with van der Waals surface area (Å²) in [7, 11) is 0. The monoisotopic (exact) mass is 230 g/mol. The highest BCUT2D eigenvalue weighted by molar-refractivity contribution is 5.84. The van der Waals surface area contributed by atoms with Crippen LogP contribution in [-0.2, 0) is 4.79 Å². The Bertz CT molecular complexity index is 445. The van der Waals surface area contributed by atoms with Crippen molar-refractivity contribution in [3.05, 3.63) is 53.1 Å². The van der Waals surface area contributed by atoms with Crippen LogP contribution in [0.2, 0.25) is 0 Å². The lowest BCUT2D eigenvalue weighted by Crippen LogP contribution is -2.06. The zero-order valence-electron chi connectivity index (χ0n) is 10.8. The van der Waals surface area contributed by atoms with Crippen LogP contribution >= 0.6 is 0 Å². The number of aryl methyl sites for hydroxylation is 3. The number of allylic oxidation sites excluding steroid dienone is 3. The molecule has 2 nitrogen and oxygen atoms in total. The van der Waals surface area contributed by atoms with Gasteiger partial charge in [0.2, 0.25) is 0 Å².